The van der Waals surface area contributed by atoms with Crippen molar-refractivity contribution in [1.82, 2.24) is 10.3 Å². The number of rotatable bonds is 13. The molecule has 0 bridgehead atoms. The van der Waals surface area contributed by atoms with E-state index in [0.29, 0.717) is 43.0 Å². The van der Waals surface area contributed by atoms with Gasteiger partial charge in [-0.1, -0.05) is 103 Å². The van der Waals surface area contributed by atoms with Gasteiger partial charge in [0.1, 0.15) is 5.75 Å². The average molecular weight is 664 g/mol. The number of hydrogen-bond donors (Lipinski definition) is 2. The number of amides is 3. The van der Waals surface area contributed by atoms with Gasteiger partial charge in [-0.25, -0.2) is 9.80 Å². The highest BCUT2D eigenvalue weighted by atomic mass is 16.5. The highest BCUT2D eigenvalue weighted by Gasteiger charge is 2.30. The predicted octanol–water partition coefficient (Wildman–Crippen LogP) is 7.89. The summed E-state index contributed by atoms with van der Waals surface area (Å²) in [5.41, 5.74) is 13.3. The van der Waals surface area contributed by atoms with Crippen LogP contribution < -0.4 is 20.7 Å². The van der Waals surface area contributed by atoms with Crippen molar-refractivity contribution in [3.8, 4) is 16.9 Å². The fraction of sp³-hybridized carbons (Fsp3) is 0.167. The average Bonchev–Trinajstić information content (AvgIpc) is 3.27. The second-order valence-electron chi connectivity index (χ2n) is 12.0. The van der Waals surface area contributed by atoms with Crippen molar-refractivity contribution < 1.29 is 14.3 Å². The number of hydrogen-bond acceptors (Lipinski definition) is 5. The number of nitrogens with two attached hydrogens (primary N) is 1. The minimum atomic E-state index is -0.273. The third-order valence-corrected chi connectivity index (χ3v) is 8.58. The van der Waals surface area contributed by atoms with Crippen LogP contribution in [0.4, 0.5) is 10.5 Å². The van der Waals surface area contributed by atoms with E-state index < -0.39 is 0 Å². The standard InChI is InChI=1S/C42H41N5O3/c1-50-37-22-16-31(17-23-37)18-25-39-38-24-21-36(41(48)44-29-32-10-4-2-5-11-32)28-40(38)46(42(49)47(45-39)27-9-8-26-43)30-33-14-19-35(20-15-33)34-12-6-3-7-13-34/h2-7,10-25,28H,8-9,26-27,29-30,43H2,1H3,(H,44,48)/b25-18+. The number of methoxy groups -OCH3 is 1. The monoisotopic (exact) mass is 663 g/mol. The van der Waals surface area contributed by atoms with Crippen LogP contribution in [-0.2, 0) is 13.1 Å². The number of allylic oxidation sites excluding steroid dienone is 1. The maximum atomic E-state index is 14.5. The van der Waals surface area contributed by atoms with Gasteiger partial charge in [0.05, 0.1) is 25.1 Å². The third kappa shape index (κ3) is 8.35. The van der Waals surface area contributed by atoms with Crippen LogP contribution in [0.15, 0.2) is 139 Å². The number of benzene rings is 5. The molecule has 8 nitrogen and oxygen atoms in total. The molecule has 5 aromatic rings. The van der Waals surface area contributed by atoms with Crippen LogP contribution in [0, 0.1) is 0 Å². The molecule has 8 heteroatoms. The SMILES string of the molecule is COc1ccc(/C=C/C2=NN(CCCCN)C(=O)N(Cc3ccc(-c4ccccc4)cc3)c3cc(C(=O)NCc4ccccc4)ccc32)cc1. The first-order valence-electron chi connectivity index (χ1n) is 16.8. The molecule has 0 unspecified atom stereocenters. The Balaban J connectivity index is 1.38. The molecule has 0 aliphatic carbocycles. The summed E-state index contributed by atoms with van der Waals surface area (Å²) in [5, 5.41) is 9.47. The number of hydrazone groups is 1. The van der Waals surface area contributed by atoms with Crippen molar-refractivity contribution in [2.75, 3.05) is 25.1 Å². The maximum absolute atomic E-state index is 14.5. The third-order valence-electron chi connectivity index (χ3n) is 8.58. The second-order valence-corrected chi connectivity index (χ2v) is 12.0. The van der Waals surface area contributed by atoms with Gasteiger partial charge in [0.25, 0.3) is 5.91 Å². The van der Waals surface area contributed by atoms with E-state index >= 15 is 0 Å². The molecule has 0 spiro atoms. The molecule has 6 rings (SSSR count). The quantitative estimate of drug-likeness (QED) is 0.125. The first kappa shape index (κ1) is 33.9. The van der Waals surface area contributed by atoms with Crippen LogP contribution in [0.3, 0.4) is 0 Å². The molecule has 5 aromatic carbocycles. The molecule has 1 aliphatic heterocycles. The van der Waals surface area contributed by atoms with Gasteiger partial charge in [-0.2, -0.15) is 5.10 Å². The van der Waals surface area contributed by atoms with Crippen molar-refractivity contribution in [3.05, 3.63) is 161 Å². The summed E-state index contributed by atoms with van der Waals surface area (Å²) in [6.45, 7) is 1.60. The van der Waals surface area contributed by atoms with Crippen LogP contribution >= 0.6 is 0 Å². The van der Waals surface area contributed by atoms with Gasteiger partial charge in [0.15, 0.2) is 0 Å². The summed E-state index contributed by atoms with van der Waals surface area (Å²) in [5.74, 6) is 0.536. The summed E-state index contributed by atoms with van der Waals surface area (Å²) in [7, 11) is 1.64. The Hall–Kier alpha value is -5.99. The van der Waals surface area contributed by atoms with Crippen LogP contribution in [0.5, 0.6) is 5.75 Å². The summed E-state index contributed by atoms with van der Waals surface area (Å²) < 4.78 is 5.32. The number of carbonyl (C=O) groups excluding carboxylic acids is 2. The Morgan fingerprint density at radius 3 is 2.20 bits per heavy atom. The van der Waals surface area contributed by atoms with Crippen molar-refractivity contribution >= 4 is 29.4 Å². The van der Waals surface area contributed by atoms with E-state index in [1.807, 2.05) is 103 Å². The Morgan fingerprint density at radius 1 is 0.800 bits per heavy atom. The van der Waals surface area contributed by atoms with Gasteiger partial charge < -0.3 is 15.8 Å². The van der Waals surface area contributed by atoms with Crippen LogP contribution in [0.2, 0.25) is 0 Å². The molecular formula is C42H41N5O3. The van der Waals surface area contributed by atoms with Crippen molar-refractivity contribution in [3.63, 3.8) is 0 Å². The number of carbonyl (C=O) groups is 2. The summed E-state index contributed by atoms with van der Waals surface area (Å²) >= 11 is 0. The lowest BCUT2D eigenvalue weighted by atomic mass is 10.0. The van der Waals surface area contributed by atoms with Gasteiger partial charge in [0, 0.05) is 24.2 Å². The maximum Gasteiger partial charge on any atom is 0.345 e. The fourth-order valence-electron chi connectivity index (χ4n) is 5.80. The lowest BCUT2D eigenvalue weighted by Crippen LogP contribution is -2.40. The smallest absolute Gasteiger partial charge is 0.345 e. The lowest BCUT2D eigenvalue weighted by molar-refractivity contribution is 0.0951. The zero-order chi connectivity index (χ0) is 34.7. The number of anilines is 1. The van der Waals surface area contributed by atoms with Crippen molar-refractivity contribution in [2.45, 2.75) is 25.9 Å². The number of unbranched alkanes of at least 4 members (excludes halogenated alkanes) is 1. The number of urea groups is 1. The van der Waals surface area contributed by atoms with Gasteiger partial charge in [0.2, 0.25) is 0 Å². The van der Waals surface area contributed by atoms with E-state index in [1.54, 1.807) is 24.1 Å². The molecule has 252 valence electrons. The minimum absolute atomic E-state index is 0.229. The highest BCUT2D eigenvalue weighted by molar-refractivity contribution is 6.17. The molecule has 50 heavy (non-hydrogen) atoms. The normalized spacial score (nSPS) is 12.8. The summed E-state index contributed by atoms with van der Waals surface area (Å²) in [6, 6.07) is 41.1. The Bertz CT molecular complexity index is 1960. The molecular weight excluding hydrogens is 622 g/mol. The topological polar surface area (TPSA) is 100 Å². The van der Waals surface area contributed by atoms with Gasteiger partial charge >= 0.3 is 6.03 Å². The van der Waals surface area contributed by atoms with E-state index in [1.165, 1.54) is 5.01 Å². The van der Waals surface area contributed by atoms with E-state index in [4.69, 9.17) is 15.6 Å². The zero-order valence-corrected chi connectivity index (χ0v) is 28.2. The fourth-order valence-corrected chi connectivity index (χ4v) is 5.80. The molecule has 0 saturated heterocycles. The lowest BCUT2D eigenvalue weighted by Gasteiger charge is -2.27. The van der Waals surface area contributed by atoms with Gasteiger partial charge in [-0.15, -0.1) is 0 Å². The number of ether oxygens (including phenoxy) is 1. The van der Waals surface area contributed by atoms with Crippen molar-refractivity contribution in [2.24, 2.45) is 10.8 Å². The number of fused-ring (bicyclic) bond motifs is 1. The first-order valence-corrected chi connectivity index (χ1v) is 16.8. The van der Waals surface area contributed by atoms with Gasteiger partial charge in [-0.3, -0.25) is 9.69 Å². The Kier molecular flexibility index (Phi) is 11.1. The molecule has 3 amide bonds. The first-order chi connectivity index (χ1) is 24.5. The number of nitrogens with zero attached hydrogens (tertiary/aromatic N) is 3. The molecule has 3 N–H and O–H groups in total. The van der Waals surface area contributed by atoms with Crippen molar-refractivity contribution in [1.29, 1.82) is 0 Å². The molecule has 1 aliphatic rings. The molecule has 0 fully saturated rings. The molecule has 0 atom stereocenters. The molecule has 0 radical (unpaired) electrons. The summed E-state index contributed by atoms with van der Waals surface area (Å²) in [4.78, 5) is 29.7. The van der Waals surface area contributed by atoms with E-state index in [0.717, 1.165) is 45.6 Å². The Labute approximate surface area is 293 Å². The van der Waals surface area contributed by atoms with E-state index in [-0.39, 0.29) is 18.5 Å². The number of nitrogens with one attached hydrogen (secondary N) is 1. The predicted molar refractivity (Wildman–Crippen MR) is 201 cm³/mol. The largest absolute Gasteiger partial charge is 0.497 e. The van der Waals surface area contributed by atoms with E-state index in [9.17, 15) is 9.59 Å². The zero-order valence-electron chi connectivity index (χ0n) is 28.2. The summed E-state index contributed by atoms with van der Waals surface area (Å²) in [6.07, 6.45) is 5.33. The minimum Gasteiger partial charge on any atom is -0.497 e. The van der Waals surface area contributed by atoms with Crippen LogP contribution in [0.1, 0.15) is 45.5 Å². The highest BCUT2D eigenvalue weighted by Crippen LogP contribution is 2.31. The molecule has 0 saturated carbocycles. The molecule has 0 aromatic heterocycles. The molecule has 1 heterocycles. The van der Waals surface area contributed by atoms with Crippen LogP contribution in [-0.4, -0.2) is 42.9 Å². The second kappa shape index (κ2) is 16.4. The Morgan fingerprint density at radius 2 is 1.50 bits per heavy atom. The van der Waals surface area contributed by atoms with Gasteiger partial charge in [-0.05, 0) is 83.6 Å². The van der Waals surface area contributed by atoms with Crippen LogP contribution in [0.25, 0.3) is 17.2 Å². The van der Waals surface area contributed by atoms with E-state index in [2.05, 4.69) is 29.6 Å².